The number of hydrogen-bond donors (Lipinski definition) is 2. The standard InChI is InChI=1S/C10H9N5Se/c1-2-8(10-9(3-1)14-16-15-10)12-5-7-4-11-6-13-7/h1-4,6,12H,5H2,(H,11,13). The number of aromatic nitrogens is 4. The monoisotopic (exact) mass is 279 g/mol. The Hall–Kier alpha value is -1.65. The zero-order valence-corrected chi connectivity index (χ0v) is 10.1. The summed E-state index contributed by atoms with van der Waals surface area (Å²) >= 11 is 0.0219. The summed E-state index contributed by atoms with van der Waals surface area (Å²) in [5, 5.41) is 3.33. The third-order valence-corrected chi connectivity index (χ3v) is 3.45. The van der Waals surface area contributed by atoms with E-state index in [1.807, 2.05) is 24.4 Å². The van der Waals surface area contributed by atoms with Gasteiger partial charge in [0, 0.05) is 0 Å². The Kier molecular flexibility index (Phi) is 2.44. The molecule has 0 saturated heterocycles. The molecule has 0 aliphatic rings. The van der Waals surface area contributed by atoms with Crippen molar-refractivity contribution in [1.82, 2.24) is 17.9 Å². The van der Waals surface area contributed by atoms with E-state index in [9.17, 15) is 0 Å². The second-order valence-corrected chi connectivity index (χ2v) is 4.48. The molecule has 3 rings (SSSR count). The van der Waals surface area contributed by atoms with Gasteiger partial charge in [-0.3, -0.25) is 0 Å². The average molecular weight is 278 g/mol. The molecule has 0 aliphatic heterocycles. The summed E-state index contributed by atoms with van der Waals surface area (Å²) in [5.41, 5.74) is 4.07. The van der Waals surface area contributed by atoms with E-state index in [1.54, 1.807) is 6.33 Å². The molecule has 2 aromatic heterocycles. The number of nitrogens with zero attached hydrogens (tertiary/aromatic N) is 3. The molecule has 0 unspecified atom stereocenters. The first kappa shape index (κ1) is 9.57. The van der Waals surface area contributed by atoms with Crippen LogP contribution in [0, 0.1) is 0 Å². The van der Waals surface area contributed by atoms with E-state index in [1.165, 1.54) is 0 Å². The van der Waals surface area contributed by atoms with Gasteiger partial charge < -0.3 is 0 Å². The summed E-state index contributed by atoms with van der Waals surface area (Å²) in [6.45, 7) is 0.721. The molecule has 3 aromatic rings. The van der Waals surface area contributed by atoms with Crippen LogP contribution in [-0.2, 0) is 6.54 Å². The first-order chi connectivity index (χ1) is 7.93. The number of imidazole rings is 1. The van der Waals surface area contributed by atoms with Crippen molar-refractivity contribution in [1.29, 1.82) is 0 Å². The van der Waals surface area contributed by atoms with Gasteiger partial charge in [0.1, 0.15) is 0 Å². The van der Waals surface area contributed by atoms with Gasteiger partial charge in [-0.25, -0.2) is 0 Å². The molecule has 0 bridgehead atoms. The van der Waals surface area contributed by atoms with Crippen LogP contribution in [-0.4, -0.2) is 32.9 Å². The van der Waals surface area contributed by atoms with Crippen LogP contribution in [0.5, 0.6) is 0 Å². The topological polar surface area (TPSA) is 66.5 Å². The Morgan fingerprint density at radius 1 is 1.31 bits per heavy atom. The van der Waals surface area contributed by atoms with Crippen LogP contribution < -0.4 is 5.32 Å². The molecule has 0 radical (unpaired) electrons. The molecule has 16 heavy (non-hydrogen) atoms. The van der Waals surface area contributed by atoms with Crippen LogP contribution in [0.3, 0.4) is 0 Å². The molecule has 0 fully saturated rings. The second kappa shape index (κ2) is 4.08. The van der Waals surface area contributed by atoms with Crippen molar-refractivity contribution in [2.24, 2.45) is 0 Å². The molecular weight excluding hydrogens is 269 g/mol. The number of rotatable bonds is 3. The molecule has 0 spiro atoms. The number of H-pyrrole nitrogens is 1. The van der Waals surface area contributed by atoms with Crippen LogP contribution in [0.1, 0.15) is 5.69 Å². The Bertz CT molecular complexity index is 586. The van der Waals surface area contributed by atoms with Crippen molar-refractivity contribution >= 4 is 31.7 Å². The molecule has 5 nitrogen and oxygen atoms in total. The van der Waals surface area contributed by atoms with E-state index in [-0.39, 0.29) is 15.0 Å². The predicted octanol–water partition coefficient (Wildman–Crippen LogP) is 1.02. The molecule has 0 atom stereocenters. The van der Waals surface area contributed by atoms with Crippen molar-refractivity contribution in [3.63, 3.8) is 0 Å². The molecule has 0 saturated carbocycles. The van der Waals surface area contributed by atoms with E-state index in [0.717, 1.165) is 29.0 Å². The van der Waals surface area contributed by atoms with Gasteiger partial charge in [-0.15, -0.1) is 0 Å². The van der Waals surface area contributed by atoms with Crippen LogP contribution in [0.25, 0.3) is 11.0 Å². The third-order valence-electron chi connectivity index (χ3n) is 2.31. The fraction of sp³-hybridized carbons (Fsp3) is 0.100. The van der Waals surface area contributed by atoms with Gasteiger partial charge in [-0.05, 0) is 0 Å². The van der Waals surface area contributed by atoms with E-state index >= 15 is 0 Å². The number of nitrogens with one attached hydrogen (secondary N) is 2. The average Bonchev–Trinajstić information content (AvgIpc) is 2.97. The van der Waals surface area contributed by atoms with Gasteiger partial charge in [0.15, 0.2) is 0 Å². The van der Waals surface area contributed by atoms with Gasteiger partial charge in [0.05, 0.1) is 0 Å². The second-order valence-electron chi connectivity index (χ2n) is 3.37. The number of aromatic amines is 1. The first-order valence-electron chi connectivity index (χ1n) is 4.86. The van der Waals surface area contributed by atoms with E-state index in [2.05, 4.69) is 23.2 Å². The Labute approximate surface area is 98.2 Å². The SMILES string of the molecule is c1cc(NCc2cnc[nH]2)c2n[se]nc2c1. The van der Waals surface area contributed by atoms with Crippen molar-refractivity contribution in [2.75, 3.05) is 5.32 Å². The van der Waals surface area contributed by atoms with E-state index in [0.29, 0.717) is 0 Å². The summed E-state index contributed by atoms with van der Waals surface area (Å²) in [5.74, 6) is 0. The molecule has 80 valence electrons. The quantitative estimate of drug-likeness (QED) is 0.702. The van der Waals surface area contributed by atoms with Crippen LogP contribution in [0.15, 0.2) is 30.7 Å². The summed E-state index contributed by atoms with van der Waals surface area (Å²) in [6.07, 6.45) is 3.48. The first-order valence-corrected chi connectivity index (χ1v) is 6.39. The fourth-order valence-corrected chi connectivity index (χ4v) is 2.67. The Balaban J connectivity index is 1.86. The minimum atomic E-state index is 0.0219. The Morgan fingerprint density at radius 2 is 2.31 bits per heavy atom. The molecule has 0 amide bonds. The minimum absolute atomic E-state index is 0.0219. The van der Waals surface area contributed by atoms with Crippen molar-refractivity contribution in [3.8, 4) is 0 Å². The molecule has 1 aromatic carbocycles. The maximum atomic E-state index is 4.41. The Morgan fingerprint density at radius 3 is 3.19 bits per heavy atom. The number of hydrogen-bond acceptors (Lipinski definition) is 4. The molecular formula is C10H9N5Se. The zero-order chi connectivity index (χ0) is 10.8. The normalized spacial score (nSPS) is 10.8. The van der Waals surface area contributed by atoms with Gasteiger partial charge in [-0.2, -0.15) is 0 Å². The third kappa shape index (κ3) is 1.73. The van der Waals surface area contributed by atoms with E-state index in [4.69, 9.17) is 0 Å². The van der Waals surface area contributed by atoms with Crippen LogP contribution in [0.4, 0.5) is 5.69 Å². The molecule has 2 heterocycles. The van der Waals surface area contributed by atoms with Gasteiger partial charge >= 0.3 is 97.9 Å². The molecule has 2 N–H and O–H groups in total. The number of benzene rings is 1. The summed E-state index contributed by atoms with van der Waals surface area (Å²) in [4.78, 5) is 7.02. The summed E-state index contributed by atoms with van der Waals surface area (Å²) in [7, 11) is 0. The zero-order valence-electron chi connectivity index (χ0n) is 8.34. The van der Waals surface area contributed by atoms with E-state index < -0.39 is 0 Å². The molecule has 6 heteroatoms. The van der Waals surface area contributed by atoms with Crippen molar-refractivity contribution in [2.45, 2.75) is 6.54 Å². The number of fused-ring (bicyclic) bond motifs is 1. The van der Waals surface area contributed by atoms with Crippen LogP contribution >= 0.6 is 0 Å². The summed E-state index contributed by atoms with van der Waals surface area (Å²) < 4.78 is 8.75. The van der Waals surface area contributed by atoms with Gasteiger partial charge in [-0.1, -0.05) is 0 Å². The fourth-order valence-electron chi connectivity index (χ4n) is 1.52. The maximum absolute atomic E-state index is 4.41. The van der Waals surface area contributed by atoms with Gasteiger partial charge in [0.25, 0.3) is 0 Å². The summed E-state index contributed by atoms with van der Waals surface area (Å²) in [6, 6.07) is 6.01. The van der Waals surface area contributed by atoms with Crippen molar-refractivity contribution in [3.05, 3.63) is 36.4 Å². The molecule has 0 aliphatic carbocycles. The number of anilines is 1. The predicted molar refractivity (Wildman–Crippen MR) is 62.4 cm³/mol. The van der Waals surface area contributed by atoms with Crippen LogP contribution in [0.2, 0.25) is 0 Å². The van der Waals surface area contributed by atoms with Gasteiger partial charge in [0.2, 0.25) is 0 Å². The van der Waals surface area contributed by atoms with Crippen molar-refractivity contribution < 1.29 is 0 Å².